The van der Waals surface area contributed by atoms with Gasteiger partial charge < -0.3 is 4.42 Å². The highest BCUT2D eigenvalue weighted by molar-refractivity contribution is 6.06. The van der Waals surface area contributed by atoms with Crippen molar-refractivity contribution in [3.05, 3.63) is 187 Å². The van der Waals surface area contributed by atoms with Gasteiger partial charge in [-0.25, -0.2) is 15.0 Å². The predicted molar refractivity (Wildman–Crippen MR) is 222 cm³/mol. The maximum absolute atomic E-state index is 6.13. The van der Waals surface area contributed by atoms with Gasteiger partial charge in [-0.05, 0) is 93.4 Å². The number of furan rings is 1. The molecule has 0 aliphatic carbocycles. The molecule has 0 spiro atoms. The number of para-hydroxylation sites is 1. The summed E-state index contributed by atoms with van der Waals surface area (Å²) in [6, 6.07) is 59.6. The molecule has 0 N–H and O–H groups in total. The van der Waals surface area contributed by atoms with Crippen molar-refractivity contribution >= 4 is 43.5 Å². The molecule has 0 aliphatic heterocycles. The van der Waals surface area contributed by atoms with E-state index in [0.29, 0.717) is 17.5 Å². The number of rotatable bonds is 7. The Morgan fingerprint density at radius 1 is 0.407 bits per heavy atom. The van der Waals surface area contributed by atoms with Crippen LogP contribution in [0.4, 0.5) is 0 Å². The van der Waals surface area contributed by atoms with Crippen molar-refractivity contribution in [1.82, 2.24) is 15.0 Å². The van der Waals surface area contributed by atoms with Gasteiger partial charge in [0.25, 0.3) is 0 Å². The fourth-order valence-electron chi connectivity index (χ4n) is 8.02. The van der Waals surface area contributed by atoms with Crippen LogP contribution in [0.25, 0.3) is 88.8 Å². The highest BCUT2D eigenvalue weighted by Crippen LogP contribution is 2.36. The number of aryl methyl sites for hydroxylation is 3. The molecule has 54 heavy (non-hydrogen) atoms. The minimum absolute atomic E-state index is 0.625. The third-order valence-electron chi connectivity index (χ3n) is 10.6. The fraction of sp³-hybridized carbons (Fsp3) is 0.0600. The first-order valence-corrected chi connectivity index (χ1v) is 18.5. The number of nitrogens with zero attached hydrogens (tertiary/aromatic N) is 3. The predicted octanol–water partition coefficient (Wildman–Crippen LogP) is 12.8. The minimum Gasteiger partial charge on any atom is -0.456 e. The molecule has 8 aromatic carbocycles. The Morgan fingerprint density at radius 3 is 1.93 bits per heavy atom. The van der Waals surface area contributed by atoms with Crippen LogP contribution in [-0.2, 0) is 12.8 Å². The van der Waals surface area contributed by atoms with Gasteiger partial charge >= 0.3 is 0 Å². The van der Waals surface area contributed by atoms with Gasteiger partial charge in [0.15, 0.2) is 17.5 Å². The van der Waals surface area contributed by atoms with E-state index in [-0.39, 0.29) is 0 Å². The van der Waals surface area contributed by atoms with Crippen molar-refractivity contribution in [2.24, 2.45) is 0 Å². The van der Waals surface area contributed by atoms with Gasteiger partial charge in [0.2, 0.25) is 0 Å². The van der Waals surface area contributed by atoms with Crippen LogP contribution >= 0.6 is 0 Å². The molecular weight excluding hydrogens is 659 g/mol. The first kappa shape index (κ1) is 31.8. The SMILES string of the molecule is Cc1cccc2cccc(-c3ccccc3CCc3cccc4c(-c5nc(-c6ccccc6)nc(-c6ccc7oc8ccccc8c7c6)n5)cccc34)c12. The molecule has 10 rings (SSSR count). The van der Waals surface area contributed by atoms with E-state index in [4.69, 9.17) is 19.4 Å². The second kappa shape index (κ2) is 13.3. The lowest BCUT2D eigenvalue weighted by Gasteiger charge is -2.15. The van der Waals surface area contributed by atoms with Gasteiger partial charge in [0.05, 0.1) is 0 Å². The number of hydrogen-bond donors (Lipinski definition) is 0. The van der Waals surface area contributed by atoms with E-state index in [0.717, 1.165) is 56.9 Å². The molecule has 256 valence electrons. The topological polar surface area (TPSA) is 51.8 Å². The zero-order valence-electron chi connectivity index (χ0n) is 29.8. The van der Waals surface area contributed by atoms with Crippen molar-refractivity contribution in [2.75, 3.05) is 0 Å². The van der Waals surface area contributed by atoms with Crippen LogP contribution in [0.2, 0.25) is 0 Å². The maximum Gasteiger partial charge on any atom is 0.164 e. The van der Waals surface area contributed by atoms with Crippen LogP contribution in [0.3, 0.4) is 0 Å². The van der Waals surface area contributed by atoms with Gasteiger partial charge in [-0.1, -0.05) is 146 Å². The van der Waals surface area contributed by atoms with E-state index < -0.39 is 0 Å². The molecule has 10 aromatic rings. The third-order valence-corrected chi connectivity index (χ3v) is 10.6. The zero-order valence-corrected chi connectivity index (χ0v) is 29.8. The van der Waals surface area contributed by atoms with Gasteiger partial charge in [0.1, 0.15) is 11.2 Å². The van der Waals surface area contributed by atoms with E-state index >= 15 is 0 Å². The minimum atomic E-state index is 0.625. The summed E-state index contributed by atoms with van der Waals surface area (Å²) in [5.41, 5.74) is 11.1. The molecule has 2 aromatic heterocycles. The summed E-state index contributed by atoms with van der Waals surface area (Å²) in [6.07, 6.45) is 1.82. The smallest absolute Gasteiger partial charge is 0.164 e. The fourth-order valence-corrected chi connectivity index (χ4v) is 8.02. The van der Waals surface area contributed by atoms with Gasteiger partial charge in [-0.15, -0.1) is 0 Å². The highest BCUT2D eigenvalue weighted by atomic mass is 16.3. The standard InChI is InChI=1S/C50H35N3O/c1-32-13-9-18-35-19-11-24-42(47(32)35)39-20-6-5-14-33(39)27-28-34-17-10-23-40-38(34)22-12-25-43(40)50-52-48(36-15-3-2-4-16-36)51-49(53-50)37-29-30-46-44(31-37)41-21-7-8-26-45(41)54-46/h2-26,29-31H,27-28H2,1H3. The summed E-state index contributed by atoms with van der Waals surface area (Å²) in [5, 5.41) is 7.05. The molecule has 0 bridgehead atoms. The van der Waals surface area contributed by atoms with E-state index in [1.54, 1.807) is 0 Å². The van der Waals surface area contributed by atoms with Crippen molar-refractivity contribution in [2.45, 2.75) is 19.8 Å². The molecule has 2 heterocycles. The molecule has 4 heteroatoms. The van der Waals surface area contributed by atoms with Crippen molar-refractivity contribution in [3.63, 3.8) is 0 Å². The average Bonchev–Trinajstić information content (AvgIpc) is 3.61. The lowest BCUT2D eigenvalue weighted by atomic mass is 9.89. The lowest BCUT2D eigenvalue weighted by molar-refractivity contribution is 0.669. The van der Waals surface area contributed by atoms with Crippen molar-refractivity contribution < 1.29 is 4.42 Å². The lowest BCUT2D eigenvalue weighted by Crippen LogP contribution is -2.01. The number of aromatic nitrogens is 3. The second-order valence-electron chi connectivity index (χ2n) is 13.9. The zero-order chi connectivity index (χ0) is 36.0. The average molecular weight is 694 g/mol. The van der Waals surface area contributed by atoms with Crippen LogP contribution in [0, 0.1) is 6.92 Å². The van der Waals surface area contributed by atoms with Crippen LogP contribution in [0.1, 0.15) is 16.7 Å². The molecular formula is C50H35N3O. The van der Waals surface area contributed by atoms with E-state index in [1.807, 2.05) is 60.7 Å². The van der Waals surface area contributed by atoms with Crippen molar-refractivity contribution in [3.8, 4) is 45.3 Å². The van der Waals surface area contributed by atoms with Crippen LogP contribution in [-0.4, -0.2) is 15.0 Å². The molecule has 0 amide bonds. The summed E-state index contributed by atoms with van der Waals surface area (Å²) in [6.45, 7) is 2.21. The van der Waals surface area contributed by atoms with E-state index in [2.05, 4.69) is 116 Å². The van der Waals surface area contributed by atoms with Crippen molar-refractivity contribution in [1.29, 1.82) is 0 Å². The van der Waals surface area contributed by atoms with Crippen LogP contribution in [0.15, 0.2) is 174 Å². The summed E-state index contributed by atoms with van der Waals surface area (Å²) >= 11 is 0. The van der Waals surface area contributed by atoms with E-state index in [9.17, 15) is 0 Å². The second-order valence-corrected chi connectivity index (χ2v) is 13.9. The molecule has 0 saturated carbocycles. The number of hydrogen-bond acceptors (Lipinski definition) is 4. The molecule has 0 saturated heterocycles. The third kappa shape index (κ3) is 5.60. The molecule has 0 aliphatic rings. The Morgan fingerprint density at radius 2 is 1.02 bits per heavy atom. The largest absolute Gasteiger partial charge is 0.456 e. The normalized spacial score (nSPS) is 11.6. The maximum atomic E-state index is 6.13. The Bertz CT molecular complexity index is 3010. The van der Waals surface area contributed by atoms with Gasteiger partial charge in [0, 0.05) is 27.5 Å². The Hall–Kier alpha value is -6.91. The molecule has 0 radical (unpaired) electrons. The van der Waals surface area contributed by atoms with Gasteiger partial charge in [-0.2, -0.15) is 0 Å². The first-order valence-electron chi connectivity index (χ1n) is 18.5. The molecule has 0 unspecified atom stereocenters. The number of benzene rings is 8. The molecule has 4 nitrogen and oxygen atoms in total. The summed E-state index contributed by atoms with van der Waals surface area (Å²) in [5.74, 6) is 1.91. The first-order chi connectivity index (χ1) is 26.7. The summed E-state index contributed by atoms with van der Waals surface area (Å²) in [7, 11) is 0. The quantitative estimate of drug-likeness (QED) is 0.167. The Labute approximate surface area is 313 Å². The summed E-state index contributed by atoms with van der Waals surface area (Å²) < 4.78 is 6.13. The highest BCUT2D eigenvalue weighted by Gasteiger charge is 2.17. The van der Waals surface area contributed by atoms with Gasteiger partial charge in [-0.3, -0.25) is 0 Å². The monoisotopic (exact) mass is 693 g/mol. The van der Waals surface area contributed by atoms with Crippen LogP contribution < -0.4 is 0 Å². The Kier molecular flexibility index (Phi) is 7.80. The van der Waals surface area contributed by atoms with Crippen LogP contribution in [0.5, 0.6) is 0 Å². The van der Waals surface area contributed by atoms with E-state index in [1.165, 1.54) is 44.0 Å². The number of fused-ring (bicyclic) bond motifs is 5. The molecule has 0 fully saturated rings. The molecule has 0 atom stereocenters. The summed E-state index contributed by atoms with van der Waals surface area (Å²) in [4.78, 5) is 15.3. The Balaban J connectivity index is 1.06.